The second kappa shape index (κ2) is 6.55. The van der Waals surface area contributed by atoms with Crippen molar-refractivity contribution in [2.24, 2.45) is 0 Å². The van der Waals surface area contributed by atoms with Gasteiger partial charge in [0.1, 0.15) is 0 Å². The van der Waals surface area contributed by atoms with Crippen molar-refractivity contribution < 1.29 is 14.0 Å². The van der Waals surface area contributed by atoms with Crippen molar-refractivity contribution in [3.8, 4) is 0 Å². The van der Waals surface area contributed by atoms with E-state index in [9.17, 15) is 14.4 Å². The molecule has 134 valence electrons. The van der Waals surface area contributed by atoms with Crippen LogP contribution in [0.4, 0.5) is 0 Å². The summed E-state index contributed by atoms with van der Waals surface area (Å²) in [5.41, 5.74) is 1.48. The van der Waals surface area contributed by atoms with Gasteiger partial charge in [0.25, 0.3) is 11.8 Å². The Kier molecular flexibility index (Phi) is 4.08. The number of furan rings is 1. The fraction of sp³-hybridized carbons (Fsp3) is 0.278. The van der Waals surface area contributed by atoms with E-state index in [0.717, 1.165) is 0 Å². The molecule has 3 heterocycles. The number of aromatic amines is 2. The molecule has 0 unspecified atom stereocenters. The van der Waals surface area contributed by atoms with Crippen LogP contribution < -0.4 is 5.69 Å². The molecule has 4 rings (SSSR count). The van der Waals surface area contributed by atoms with Crippen molar-refractivity contribution in [2.75, 3.05) is 26.2 Å². The minimum absolute atomic E-state index is 0.110. The van der Waals surface area contributed by atoms with Crippen LogP contribution in [0.2, 0.25) is 0 Å². The van der Waals surface area contributed by atoms with E-state index in [2.05, 4.69) is 9.97 Å². The molecule has 0 aliphatic carbocycles. The van der Waals surface area contributed by atoms with Crippen LogP contribution in [-0.4, -0.2) is 57.8 Å². The molecule has 0 radical (unpaired) electrons. The number of H-pyrrole nitrogens is 2. The standard InChI is InChI=1S/C18H18N4O4/c23-16(12-4-5-13-14(11-12)20-18(25)19-13)21-6-2-7-22(9-8-21)17(24)15-3-1-10-26-15/h1,3-5,10-11H,2,6-9H2,(H2,19,20,25). The maximum atomic E-state index is 12.8. The molecule has 2 N–H and O–H groups in total. The van der Waals surface area contributed by atoms with Crippen molar-refractivity contribution in [2.45, 2.75) is 6.42 Å². The van der Waals surface area contributed by atoms with Gasteiger partial charge < -0.3 is 24.2 Å². The molecule has 0 spiro atoms. The number of amides is 2. The van der Waals surface area contributed by atoms with Crippen molar-refractivity contribution in [3.63, 3.8) is 0 Å². The zero-order chi connectivity index (χ0) is 18.1. The van der Waals surface area contributed by atoms with Crippen molar-refractivity contribution in [1.29, 1.82) is 0 Å². The first-order valence-corrected chi connectivity index (χ1v) is 8.46. The van der Waals surface area contributed by atoms with Crippen LogP contribution >= 0.6 is 0 Å². The number of benzene rings is 1. The van der Waals surface area contributed by atoms with Crippen LogP contribution in [0.5, 0.6) is 0 Å². The lowest BCUT2D eigenvalue weighted by atomic mass is 10.1. The number of carbonyl (C=O) groups is 2. The summed E-state index contributed by atoms with van der Waals surface area (Å²) in [4.78, 5) is 45.3. The van der Waals surface area contributed by atoms with Gasteiger partial charge in [0.15, 0.2) is 5.76 Å². The molecule has 8 heteroatoms. The second-order valence-electron chi connectivity index (χ2n) is 6.25. The van der Waals surface area contributed by atoms with Gasteiger partial charge in [-0.15, -0.1) is 0 Å². The van der Waals surface area contributed by atoms with Gasteiger partial charge in [-0.2, -0.15) is 0 Å². The molecule has 26 heavy (non-hydrogen) atoms. The highest BCUT2D eigenvalue weighted by atomic mass is 16.3. The third kappa shape index (κ3) is 3.01. The molecular formula is C18H18N4O4. The van der Waals surface area contributed by atoms with Crippen LogP contribution in [0, 0.1) is 0 Å². The Labute approximate surface area is 148 Å². The summed E-state index contributed by atoms with van der Waals surface area (Å²) >= 11 is 0. The van der Waals surface area contributed by atoms with Gasteiger partial charge in [0, 0.05) is 31.7 Å². The normalized spacial score (nSPS) is 15.2. The van der Waals surface area contributed by atoms with Crippen LogP contribution in [-0.2, 0) is 0 Å². The lowest BCUT2D eigenvalue weighted by Gasteiger charge is -2.21. The Bertz CT molecular complexity index is 1000. The fourth-order valence-corrected chi connectivity index (χ4v) is 3.23. The number of rotatable bonds is 2. The first-order valence-electron chi connectivity index (χ1n) is 8.46. The van der Waals surface area contributed by atoms with E-state index < -0.39 is 0 Å². The predicted molar refractivity (Wildman–Crippen MR) is 94.1 cm³/mol. The molecule has 2 amide bonds. The van der Waals surface area contributed by atoms with Crippen LogP contribution in [0.1, 0.15) is 27.3 Å². The van der Waals surface area contributed by atoms with E-state index in [1.807, 2.05) is 0 Å². The highest BCUT2D eigenvalue weighted by molar-refractivity contribution is 5.97. The number of carbonyl (C=O) groups excluding carboxylic acids is 2. The van der Waals surface area contributed by atoms with Crippen molar-refractivity contribution in [3.05, 3.63) is 58.4 Å². The lowest BCUT2D eigenvalue weighted by Crippen LogP contribution is -2.37. The first kappa shape index (κ1) is 16.2. The molecule has 8 nitrogen and oxygen atoms in total. The van der Waals surface area contributed by atoms with E-state index in [0.29, 0.717) is 55.0 Å². The summed E-state index contributed by atoms with van der Waals surface area (Å²) in [5, 5.41) is 0. The van der Waals surface area contributed by atoms with E-state index in [1.165, 1.54) is 6.26 Å². The summed E-state index contributed by atoms with van der Waals surface area (Å²) in [6, 6.07) is 8.41. The molecule has 2 aromatic heterocycles. The highest BCUT2D eigenvalue weighted by Crippen LogP contribution is 2.15. The summed E-state index contributed by atoms with van der Waals surface area (Å²) < 4.78 is 5.17. The summed E-state index contributed by atoms with van der Waals surface area (Å²) in [5.74, 6) is 0.0449. The van der Waals surface area contributed by atoms with E-state index in [-0.39, 0.29) is 17.5 Å². The van der Waals surface area contributed by atoms with E-state index in [1.54, 1.807) is 40.1 Å². The zero-order valence-electron chi connectivity index (χ0n) is 14.0. The van der Waals surface area contributed by atoms with Crippen molar-refractivity contribution >= 4 is 22.8 Å². The second-order valence-corrected chi connectivity index (χ2v) is 6.25. The maximum Gasteiger partial charge on any atom is 0.323 e. The highest BCUT2D eigenvalue weighted by Gasteiger charge is 2.24. The zero-order valence-corrected chi connectivity index (χ0v) is 14.0. The molecule has 0 bridgehead atoms. The fourth-order valence-electron chi connectivity index (χ4n) is 3.23. The van der Waals surface area contributed by atoms with Gasteiger partial charge in [-0.3, -0.25) is 9.59 Å². The minimum atomic E-state index is -0.300. The molecule has 1 fully saturated rings. The number of hydrogen-bond donors (Lipinski definition) is 2. The Morgan fingerprint density at radius 3 is 2.38 bits per heavy atom. The first-order chi connectivity index (χ1) is 12.6. The van der Waals surface area contributed by atoms with E-state index in [4.69, 9.17) is 4.42 Å². The van der Waals surface area contributed by atoms with Crippen LogP contribution in [0.25, 0.3) is 11.0 Å². The molecule has 1 saturated heterocycles. The average Bonchev–Trinajstić information content (AvgIpc) is 3.23. The Morgan fingerprint density at radius 2 is 1.65 bits per heavy atom. The molecule has 1 aliphatic rings. The number of nitrogens with zero attached hydrogens (tertiary/aromatic N) is 2. The predicted octanol–water partition coefficient (Wildman–Crippen LogP) is 1.44. The summed E-state index contributed by atoms with van der Waals surface area (Å²) in [6.07, 6.45) is 2.17. The SMILES string of the molecule is O=C(c1ccc2[nH]c(=O)[nH]c2c1)N1CCCN(C(=O)c2ccco2)CC1. The molecular weight excluding hydrogens is 336 g/mol. The Balaban J connectivity index is 1.48. The third-order valence-corrected chi connectivity index (χ3v) is 4.57. The van der Waals surface area contributed by atoms with E-state index >= 15 is 0 Å². The summed E-state index contributed by atoms with van der Waals surface area (Å²) in [6.45, 7) is 2.05. The van der Waals surface area contributed by atoms with Crippen LogP contribution in [0.3, 0.4) is 0 Å². The number of imidazole rings is 1. The third-order valence-electron chi connectivity index (χ3n) is 4.57. The van der Waals surface area contributed by atoms with Crippen LogP contribution in [0.15, 0.2) is 45.8 Å². The Hall–Kier alpha value is -3.29. The largest absolute Gasteiger partial charge is 0.459 e. The number of fused-ring (bicyclic) bond motifs is 1. The number of aromatic nitrogens is 2. The average molecular weight is 354 g/mol. The van der Waals surface area contributed by atoms with Gasteiger partial charge in [0.05, 0.1) is 17.3 Å². The van der Waals surface area contributed by atoms with Crippen molar-refractivity contribution in [1.82, 2.24) is 19.8 Å². The molecule has 1 aliphatic heterocycles. The quantitative estimate of drug-likeness (QED) is 0.727. The van der Waals surface area contributed by atoms with Gasteiger partial charge in [0.2, 0.25) is 0 Å². The molecule has 0 atom stereocenters. The summed E-state index contributed by atoms with van der Waals surface area (Å²) in [7, 11) is 0. The van der Waals surface area contributed by atoms with Gasteiger partial charge in [-0.25, -0.2) is 4.79 Å². The molecule has 0 saturated carbocycles. The molecule has 3 aromatic rings. The number of nitrogens with one attached hydrogen (secondary N) is 2. The topological polar surface area (TPSA) is 102 Å². The maximum absolute atomic E-state index is 12.8. The lowest BCUT2D eigenvalue weighted by molar-refractivity contribution is 0.0700. The number of hydrogen-bond acceptors (Lipinski definition) is 4. The molecule has 1 aromatic carbocycles. The Morgan fingerprint density at radius 1 is 0.923 bits per heavy atom. The van der Waals surface area contributed by atoms with Gasteiger partial charge >= 0.3 is 5.69 Å². The minimum Gasteiger partial charge on any atom is -0.459 e. The van der Waals surface area contributed by atoms with Gasteiger partial charge in [-0.1, -0.05) is 0 Å². The smallest absolute Gasteiger partial charge is 0.323 e. The van der Waals surface area contributed by atoms with Gasteiger partial charge in [-0.05, 0) is 36.8 Å². The monoisotopic (exact) mass is 354 g/mol.